The van der Waals surface area contributed by atoms with Crippen molar-refractivity contribution in [3.8, 4) is 0 Å². The fraction of sp³-hybridized carbons (Fsp3) is 0.667. The molecule has 0 rings (SSSR count). The van der Waals surface area contributed by atoms with E-state index in [1.54, 1.807) is 0 Å². The summed E-state index contributed by atoms with van der Waals surface area (Å²) >= 11 is 3.24. The third-order valence-corrected chi connectivity index (χ3v) is 0.569. The number of aliphatic carboxylic acids is 1. The zero-order valence-electron chi connectivity index (χ0n) is 4.71. The number of aliphatic hydroxyl groups is 1. The minimum absolute atomic E-state index is 0. The minimum atomic E-state index is -2.00. The Labute approximate surface area is 64.7 Å². The molecule has 0 heterocycles. The first-order valence-electron chi connectivity index (χ1n) is 1.61. The van der Waals surface area contributed by atoms with Crippen LogP contribution in [0.3, 0.4) is 0 Å². The Kier molecular flexibility index (Phi) is 4.78. The van der Waals surface area contributed by atoms with Gasteiger partial charge in [0.2, 0.25) is 0 Å². The van der Waals surface area contributed by atoms with Gasteiger partial charge >= 0.3 is 18.9 Å². The van der Waals surface area contributed by atoms with Crippen LogP contribution in [0.15, 0.2) is 0 Å². The van der Waals surface area contributed by atoms with E-state index < -0.39 is 10.9 Å². The van der Waals surface area contributed by atoms with Crippen LogP contribution in [0.1, 0.15) is 6.92 Å². The van der Waals surface area contributed by atoms with E-state index >= 15 is 0 Å². The quantitative estimate of drug-likeness (QED) is 0.212. The van der Waals surface area contributed by atoms with Crippen molar-refractivity contribution in [3.05, 3.63) is 0 Å². The molecule has 0 spiro atoms. The zero-order chi connectivity index (χ0) is 6.08. The van der Waals surface area contributed by atoms with E-state index in [-0.39, 0.29) is 18.9 Å². The summed E-state index contributed by atoms with van der Waals surface area (Å²) in [6.45, 7) is 1.02. The van der Waals surface area contributed by atoms with Crippen LogP contribution in [-0.2, 0) is 4.79 Å². The Morgan fingerprint density at radius 1 is 1.88 bits per heavy atom. The van der Waals surface area contributed by atoms with Crippen LogP contribution in [0.2, 0.25) is 0 Å². The van der Waals surface area contributed by atoms with E-state index in [1.807, 2.05) is 0 Å². The molecule has 0 bridgehead atoms. The third-order valence-electron chi connectivity index (χ3n) is 0.387. The number of rotatable bonds is 1. The Hall–Kier alpha value is 0.377. The van der Waals surface area contributed by atoms with Gasteiger partial charge in [-0.25, -0.2) is 0 Å². The van der Waals surface area contributed by atoms with Gasteiger partial charge in [-0.3, -0.25) is 0 Å². The molecule has 0 saturated carbocycles. The Balaban J connectivity index is 0. The van der Waals surface area contributed by atoms with Gasteiger partial charge in [-0.15, -0.1) is 12.6 Å². The smallest absolute Gasteiger partial charge is 0.546 e. The van der Waals surface area contributed by atoms with Gasteiger partial charge in [-0.2, -0.15) is 0 Å². The maximum atomic E-state index is 9.58. The number of carboxylic acid groups (broad SMARTS) is 1. The summed E-state index contributed by atoms with van der Waals surface area (Å²) in [7, 11) is 0. The molecule has 0 amide bonds. The third kappa shape index (κ3) is 4.53. The Morgan fingerprint density at radius 2 is 2.00 bits per heavy atom. The second-order valence-electron chi connectivity index (χ2n) is 1.31. The molecule has 0 aliphatic heterocycles. The first-order valence-corrected chi connectivity index (χ1v) is 2.05. The number of carbonyl (C=O) groups is 1. The monoisotopic (exact) mass is 128 g/mol. The zero-order valence-corrected chi connectivity index (χ0v) is 5.61. The molecule has 0 aromatic rings. The molecule has 0 saturated heterocycles. The number of hydrogen-bond acceptors (Lipinski definition) is 4. The first-order chi connectivity index (χ1) is 2.94. The standard InChI is InChI=1S/C3H6O3S.Li/c1-3(6,7)2(4)5;/h6-7H,1H3,(H,4,5);/q;+1/p-1. The summed E-state index contributed by atoms with van der Waals surface area (Å²) in [5.74, 6) is -1.59. The number of carboxylic acids is 1. The molecule has 1 N–H and O–H groups in total. The van der Waals surface area contributed by atoms with Crippen molar-refractivity contribution in [3.63, 3.8) is 0 Å². The molecule has 1 atom stereocenters. The van der Waals surface area contributed by atoms with Gasteiger partial charge in [0.1, 0.15) is 4.93 Å². The van der Waals surface area contributed by atoms with E-state index in [4.69, 9.17) is 5.11 Å². The number of thiol groups is 1. The molecular formula is C3H5LiO3S. The van der Waals surface area contributed by atoms with Crippen LogP contribution < -0.4 is 24.0 Å². The molecule has 0 fully saturated rings. The van der Waals surface area contributed by atoms with E-state index in [0.29, 0.717) is 0 Å². The normalized spacial score (nSPS) is 15.9. The molecule has 8 heavy (non-hydrogen) atoms. The van der Waals surface area contributed by atoms with Crippen molar-refractivity contribution in [1.29, 1.82) is 0 Å². The van der Waals surface area contributed by atoms with Crippen LogP contribution in [0.25, 0.3) is 0 Å². The van der Waals surface area contributed by atoms with Crippen molar-refractivity contribution in [2.45, 2.75) is 11.9 Å². The van der Waals surface area contributed by atoms with Gasteiger partial charge in [-0.1, -0.05) is 0 Å². The van der Waals surface area contributed by atoms with Crippen LogP contribution in [-0.4, -0.2) is 16.0 Å². The number of carbonyl (C=O) groups excluding carboxylic acids is 1. The second-order valence-corrected chi connectivity index (χ2v) is 2.18. The predicted molar refractivity (Wildman–Crippen MR) is 24.6 cm³/mol. The van der Waals surface area contributed by atoms with Crippen molar-refractivity contribution < 1.29 is 33.9 Å². The van der Waals surface area contributed by atoms with Crippen LogP contribution in [0, 0.1) is 0 Å². The molecule has 0 radical (unpaired) electrons. The molecule has 0 aliphatic rings. The second kappa shape index (κ2) is 3.41. The van der Waals surface area contributed by atoms with Crippen molar-refractivity contribution in [2.24, 2.45) is 0 Å². The molecule has 5 heteroatoms. The molecule has 1 unspecified atom stereocenters. The summed E-state index contributed by atoms with van der Waals surface area (Å²) < 4.78 is 0. The van der Waals surface area contributed by atoms with E-state index in [1.165, 1.54) is 0 Å². The molecule has 42 valence electrons. The molecule has 0 aliphatic carbocycles. The van der Waals surface area contributed by atoms with Gasteiger partial charge in [0.25, 0.3) is 0 Å². The van der Waals surface area contributed by atoms with Crippen molar-refractivity contribution in [2.75, 3.05) is 0 Å². The maximum Gasteiger partial charge on any atom is 1.00 e. The summed E-state index contributed by atoms with van der Waals surface area (Å²) in [4.78, 5) is 7.58. The maximum absolute atomic E-state index is 9.58. The molecule has 3 nitrogen and oxygen atoms in total. The van der Waals surface area contributed by atoms with Crippen LogP contribution in [0.4, 0.5) is 0 Å². The van der Waals surface area contributed by atoms with E-state index in [2.05, 4.69) is 12.6 Å². The minimum Gasteiger partial charge on any atom is -0.546 e. The number of hydrogen-bond donors (Lipinski definition) is 2. The van der Waals surface area contributed by atoms with Gasteiger partial charge in [-0.05, 0) is 6.92 Å². The summed E-state index contributed by atoms with van der Waals surface area (Å²) in [5.41, 5.74) is 0. The van der Waals surface area contributed by atoms with E-state index in [0.717, 1.165) is 6.92 Å². The Morgan fingerprint density at radius 3 is 2.00 bits per heavy atom. The molecule has 0 aromatic carbocycles. The van der Waals surface area contributed by atoms with E-state index in [9.17, 15) is 9.90 Å². The van der Waals surface area contributed by atoms with Crippen LogP contribution >= 0.6 is 12.6 Å². The summed E-state index contributed by atoms with van der Waals surface area (Å²) in [6.07, 6.45) is 0. The SMILES string of the molecule is CC(O)(S)C(=O)[O-].[Li+]. The first kappa shape index (κ1) is 11.2. The average molecular weight is 128 g/mol. The van der Waals surface area contributed by atoms with Gasteiger partial charge in [0, 0.05) is 0 Å². The Bertz CT molecular complexity index is 87.0. The van der Waals surface area contributed by atoms with Gasteiger partial charge < -0.3 is 15.0 Å². The molecule has 0 aromatic heterocycles. The van der Waals surface area contributed by atoms with Crippen LogP contribution in [0.5, 0.6) is 0 Å². The van der Waals surface area contributed by atoms with Gasteiger partial charge in [0.15, 0.2) is 0 Å². The summed E-state index contributed by atoms with van der Waals surface area (Å²) in [6, 6.07) is 0. The summed E-state index contributed by atoms with van der Waals surface area (Å²) in [5, 5.41) is 17.9. The van der Waals surface area contributed by atoms with Crippen molar-refractivity contribution in [1.82, 2.24) is 0 Å². The topological polar surface area (TPSA) is 60.4 Å². The molecular weight excluding hydrogens is 123 g/mol. The van der Waals surface area contributed by atoms with Crippen molar-refractivity contribution >= 4 is 18.6 Å². The predicted octanol–water partition coefficient (Wildman–Crippen LogP) is -4.62. The fourth-order valence-corrected chi connectivity index (χ4v) is 0. The fourth-order valence-electron chi connectivity index (χ4n) is 0. The van der Waals surface area contributed by atoms with Gasteiger partial charge in [0.05, 0.1) is 5.97 Å². The average Bonchev–Trinajstić information content (AvgIpc) is 1.31. The largest absolute Gasteiger partial charge is 1.00 e.